The Balaban J connectivity index is 2.76. The lowest BCUT2D eigenvalue weighted by Crippen LogP contribution is -2.36. The van der Waals surface area contributed by atoms with Crippen LogP contribution in [0.2, 0.25) is 0 Å². The highest BCUT2D eigenvalue weighted by Crippen LogP contribution is 2.18. The molecule has 0 heterocycles. The Morgan fingerprint density at radius 3 is 2.68 bits per heavy atom. The molecule has 0 fully saturated rings. The van der Waals surface area contributed by atoms with E-state index in [9.17, 15) is 9.59 Å². The van der Waals surface area contributed by atoms with E-state index in [0.717, 1.165) is 23.2 Å². The van der Waals surface area contributed by atoms with Crippen LogP contribution in [0.3, 0.4) is 0 Å². The van der Waals surface area contributed by atoms with Gasteiger partial charge in [-0.2, -0.15) is 0 Å². The first-order valence-corrected chi connectivity index (χ1v) is 7.21. The molecule has 0 radical (unpaired) electrons. The standard InChI is InChI=1S/C18H23NO3/c1-5-6-7-13(2)10-16(12-20)19-18(21)15-8-9-17(22-4)14(3)11-15/h5-9,11-12,16H,10H2,1-4H3,(H,19,21)/b6-5-,13-7+. The summed E-state index contributed by atoms with van der Waals surface area (Å²) in [4.78, 5) is 23.4. The Morgan fingerprint density at radius 2 is 2.14 bits per heavy atom. The van der Waals surface area contributed by atoms with Gasteiger partial charge in [-0.1, -0.05) is 23.8 Å². The Bertz CT molecular complexity index is 588. The minimum atomic E-state index is -0.531. The molecule has 1 atom stereocenters. The quantitative estimate of drug-likeness (QED) is 0.621. The molecule has 0 aliphatic carbocycles. The number of nitrogens with one attached hydrogen (secondary N) is 1. The van der Waals surface area contributed by atoms with E-state index in [4.69, 9.17) is 4.74 Å². The molecule has 1 unspecified atom stereocenters. The van der Waals surface area contributed by atoms with Crippen LogP contribution in [0.4, 0.5) is 0 Å². The lowest BCUT2D eigenvalue weighted by Gasteiger charge is -2.14. The summed E-state index contributed by atoms with van der Waals surface area (Å²) in [6.07, 6.45) is 7.01. The van der Waals surface area contributed by atoms with E-state index in [2.05, 4.69) is 5.32 Å². The van der Waals surface area contributed by atoms with E-state index in [1.807, 2.05) is 39.0 Å². The zero-order valence-electron chi connectivity index (χ0n) is 13.6. The van der Waals surface area contributed by atoms with Gasteiger partial charge in [-0.25, -0.2) is 0 Å². The second-order valence-corrected chi connectivity index (χ2v) is 5.14. The van der Waals surface area contributed by atoms with Crippen molar-refractivity contribution in [3.63, 3.8) is 0 Å². The molecule has 4 nitrogen and oxygen atoms in total. The number of hydrogen-bond acceptors (Lipinski definition) is 3. The first-order chi connectivity index (χ1) is 10.5. The number of hydrogen-bond donors (Lipinski definition) is 1. The van der Waals surface area contributed by atoms with Crippen molar-refractivity contribution in [1.29, 1.82) is 0 Å². The van der Waals surface area contributed by atoms with Crippen LogP contribution in [0.25, 0.3) is 0 Å². The topological polar surface area (TPSA) is 55.4 Å². The minimum Gasteiger partial charge on any atom is -0.496 e. The molecule has 0 aliphatic rings. The second-order valence-electron chi connectivity index (χ2n) is 5.14. The molecule has 1 aromatic rings. The van der Waals surface area contributed by atoms with Gasteiger partial charge in [0.2, 0.25) is 0 Å². The van der Waals surface area contributed by atoms with Crippen molar-refractivity contribution in [2.24, 2.45) is 0 Å². The normalized spacial score (nSPS) is 13.0. The van der Waals surface area contributed by atoms with Crippen LogP contribution in [0.5, 0.6) is 5.75 Å². The van der Waals surface area contributed by atoms with Crippen molar-refractivity contribution >= 4 is 12.2 Å². The van der Waals surface area contributed by atoms with Crippen LogP contribution in [-0.4, -0.2) is 25.3 Å². The van der Waals surface area contributed by atoms with Crippen molar-refractivity contribution in [3.05, 3.63) is 53.1 Å². The van der Waals surface area contributed by atoms with Gasteiger partial charge in [0.25, 0.3) is 5.91 Å². The second kappa shape index (κ2) is 8.82. The number of aldehydes is 1. The number of amides is 1. The van der Waals surface area contributed by atoms with E-state index >= 15 is 0 Å². The van der Waals surface area contributed by atoms with Crippen LogP contribution in [0.1, 0.15) is 36.2 Å². The van der Waals surface area contributed by atoms with Gasteiger partial charge in [0, 0.05) is 5.56 Å². The number of aryl methyl sites for hydroxylation is 1. The van der Waals surface area contributed by atoms with E-state index < -0.39 is 6.04 Å². The van der Waals surface area contributed by atoms with Gasteiger partial charge < -0.3 is 14.8 Å². The molecule has 0 spiro atoms. The highest BCUT2D eigenvalue weighted by Gasteiger charge is 2.14. The highest BCUT2D eigenvalue weighted by atomic mass is 16.5. The lowest BCUT2D eigenvalue weighted by atomic mass is 10.1. The van der Waals surface area contributed by atoms with Gasteiger partial charge in [-0.05, 0) is 51.0 Å². The third-order valence-electron chi connectivity index (χ3n) is 3.25. The van der Waals surface area contributed by atoms with E-state index in [1.54, 1.807) is 25.3 Å². The third kappa shape index (κ3) is 5.20. The summed E-state index contributed by atoms with van der Waals surface area (Å²) in [5.41, 5.74) is 2.42. The molecule has 0 bridgehead atoms. The fourth-order valence-electron chi connectivity index (χ4n) is 2.08. The van der Waals surface area contributed by atoms with Crippen molar-refractivity contribution in [1.82, 2.24) is 5.32 Å². The van der Waals surface area contributed by atoms with Gasteiger partial charge in [-0.3, -0.25) is 4.79 Å². The Labute approximate surface area is 131 Å². The molecule has 1 N–H and O–H groups in total. The largest absolute Gasteiger partial charge is 0.496 e. The van der Waals surface area contributed by atoms with Gasteiger partial charge in [0.05, 0.1) is 13.2 Å². The van der Waals surface area contributed by atoms with Crippen molar-refractivity contribution < 1.29 is 14.3 Å². The molecule has 1 aromatic carbocycles. The first-order valence-electron chi connectivity index (χ1n) is 7.21. The summed E-state index contributed by atoms with van der Waals surface area (Å²) >= 11 is 0. The number of allylic oxidation sites excluding steroid dienone is 3. The van der Waals surface area contributed by atoms with Gasteiger partial charge in [0.15, 0.2) is 0 Å². The van der Waals surface area contributed by atoms with Gasteiger partial charge in [-0.15, -0.1) is 0 Å². The maximum atomic E-state index is 12.2. The summed E-state index contributed by atoms with van der Waals surface area (Å²) in [5, 5.41) is 2.74. The summed E-state index contributed by atoms with van der Waals surface area (Å²) in [5.74, 6) is 0.468. The SMILES string of the molecule is C/C=C\C=C(/C)CC(C=O)NC(=O)c1ccc(OC)c(C)c1. The number of methoxy groups -OCH3 is 1. The Kier molecular flexibility index (Phi) is 7.09. The fraction of sp³-hybridized carbons (Fsp3) is 0.333. The van der Waals surface area contributed by atoms with Crippen LogP contribution in [0, 0.1) is 6.92 Å². The number of carbonyl (C=O) groups is 2. The number of benzene rings is 1. The van der Waals surface area contributed by atoms with Crippen LogP contribution >= 0.6 is 0 Å². The highest BCUT2D eigenvalue weighted by molar-refractivity contribution is 5.96. The molecule has 4 heteroatoms. The summed E-state index contributed by atoms with van der Waals surface area (Å²) in [6, 6.07) is 4.65. The average molecular weight is 301 g/mol. The molecule has 1 amide bonds. The van der Waals surface area contributed by atoms with Gasteiger partial charge in [0.1, 0.15) is 12.0 Å². The summed E-state index contributed by atoms with van der Waals surface area (Å²) < 4.78 is 5.17. The minimum absolute atomic E-state index is 0.262. The molecular weight excluding hydrogens is 278 g/mol. The van der Waals surface area contributed by atoms with Crippen molar-refractivity contribution in [2.75, 3.05) is 7.11 Å². The van der Waals surface area contributed by atoms with Crippen molar-refractivity contribution in [2.45, 2.75) is 33.2 Å². The smallest absolute Gasteiger partial charge is 0.251 e. The molecule has 1 rings (SSSR count). The third-order valence-corrected chi connectivity index (χ3v) is 3.25. The number of carbonyl (C=O) groups excluding carboxylic acids is 2. The molecular formula is C18H23NO3. The van der Waals surface area contributed by atoms with E-state index in [-0.39, 0.29) is 5.91 Å². The van der Waals surface area contributed by atoms with E-state index in [0.29, 0.717) is 12.0 Å². The summed E-state index contributed by atoms with van der Waals surface area (Å²) in [6.45, 7) is 5.73. The zero-order valence-corrected chi connectivity index (χ0v) is 13.6. The molecule has 0 aromatic heterocycles. The van der Waals surface area contributed by atoms with Crippen LogP contribution in [0.15, 0.2) is 42.0 Å². The Hall–Kier alpha value is -2.36. The molecule has 0 saturated carbocycles. The predicted molar refractivity (Wildman–Crippen MR) is 88.2 cm³/mol. The number of ether oxygens (including phenoxy) is 1. The van der Waals surface area contributed by atoms with E-state index in [1.165, 1.54) is 0 Å². The predicted octanol–water partition coefficient (Wildman–Crippen LogP) is 3.21. The molecule has 0 aliphatic heterocycles. The average Bonchev–Trinajstić information content (AvgIpc) is 2.51. The van der Waals surface area contributed by atoms with Crippen molar-refractivity contribution in [3.8, 4) is 5.75 Å². The maximum Gasteiger partial charge on any atom is 0.251 e. The van der Waals surface area contributed by atoms with Crippen LogP contribution < -0.4 is 10.1 Å². The first kappa shape index (κ1) is 17.7. The molecule has 118 valence electrons. The lowest BCUT2D eigenvalue weighted by molar-refractivity contribution is -0.109. The summed E-state index contributed by atoms with van der Waals surface area (Å²) in [7, 11) is 1.59. The molecule has 0 saturated heterocycles. The fourth-order valence-corrected chi connectivity index (χ4v) is 2.08. The molecule has 22 heavy (non-hydrogen) atoms. The zero-order chi connectivity index (χ0) is 16.5. The maximum absolute atomic E-state index is 12.2. The van der Waals surface area contributed by atoms with Gasteiger partial charge >= 0.3 is 0 Å². The number of rotatable bonds is 7. The monoisotopic (exact) mass is 301 g/mol. The Morgan fingerprint density at radius 1 is 1.41 bits per heavy atom. The van der Waals surface area contributed by atoms with Crippen LogP contribution in [-0.2, 0) is 4.79 Å².